The first-order chi connectivity index (χ1) is 14.6. The van der Waals surface area contributed by atoms with Crippen LogP contribution in [0.3, 0.4) is 0 Å². The summed E-state index contributed by atoms with van der Waals surface area (Å²) in [5, 5.41) is 5.50. The van der Waals surface area contributed by atoms with Crippen LogP contribution in [0, 0.1) is 0 Å². The van der Waals surface area contributed by atoms with Gasteiger partial charge in [0, 0.05) is 19.2 Å². The molecule has 1 aromatic heterocycles. The standard InChI is InChI=1S/C23H25N3O4/c1-24-23(28)18-11-9-17(10-12-18)14-26(15-19-6-5-13-30-19)16-22(27)25-20-7-3-4-8-21(20)29-2/h3-13H,14-16H2,1-2H3,(H,24,28)(H,25,27). The lowest BCUT2D eigenvalue weighted by atomic mass is 10.1. The fraction of sp³-hybridized carbons (Fsp3) is 0.217. The van der Waals surface area contributed by atoms with E-state index in [9.17, 15) is 9.59 Å². The Kier molecular flexibility index (Phi) is 7.24. The van der Waals surface area contributed by atoms with E-state index in [4.69, 9.17) is 9.15 Å². The Morgan fingerprint density at radius 1 is 1.00 bits per heavy atom. The Morgan fingerprint density at radius 3 is 2.43 bits per heavy atom. The number of carbonyl (C=O) groups excluding carboxylic acids is 2. The molecule has 7 heteroatoms. The summed E-state index contributed by atoms with van der Waals surface area (Å²) in [7, 11) is 3.17. The van der Waals surface area contributed by atoms with Gasteiger partial charge in [0.1, 0.15) is 11.5 Å². The van der Waals surface area contributed by atoms with Crippen LogP contribution in [0.15, 0.2) is 71.3 Å². The molecule has 0 aliphatic rings. The Morgan fingerprint density at radius 2 is 1.77 bits per heavy atom. The highest BCUT2D eigenvalue weighted by Crippen LogP contribution is 2.23. The van der Waals surface area contributed by atoms with Crippen molar-refractivity contribution in [1.82, 2.24) is 10.2 Å². The monoisotopic (exact) mass is 407 g/mol. The second-order valence-electron chi connectivity index (χ2n) is 6.75. The second-order valence-corrected chi connectivity index (χ2v) is 6.75. The van der Waals surface area contributed by atoms with Gasteiger partial charge in [-0.15, -0.1) is 0 Å². The van der Waals surface area contributed by atoms with Gasteiger partial charge < -0.3 is 19.8 Å². The quantitative estimate of drug-likeness (QED) is 0.569. The van der Waals surface area contributed by atoms with E-state index in [2.05, 4.69) is 10.6 Å². The Bertz CT molecular complexity index is 968. The average molecular weight is 407 g/mol. The lowest BCUT2D eigenvalue weighted by Crippen LogP contribution is -2.32. The zero-order valence-electron chi connectivity index (χ0n) is 17.1. The molecule has 0 aliphatic carbocycles. The minimum Gasteiger partial charge on any atom is -0.495 e. The lowest BCUT2D eigenvalue weighted by Gasteiger charge is -2.21. The van der Waals surface area contributed by atoms with Crippen molar-refractivity contribution in [3.63, 3.8) is 0 Å². The number of rotatable bonds is 9. The molecule has 0 bridgehead atoms. The van der Waals surface area contributed by atoms with Gasteiger partial charge in [-0.05, 0) is 42.0 Å². The Hall–Kier alpha value is -3.58. The van der Waals surface area contributed by atoms with Gasteiger partial charge in [0.05, 0.1) is 32.1 Å². The van der Waals surface area contributed by atoms with Crippen molar-refractivity contribution >= 4 is 17.5 Å². The third-order valence-electron chi connectivity index (χ3n) is 4.56. The van der Waals surface area contributed by atoms with Crippen LogP contribution in [0.1, 0.15) is 21.7 Å². The van der Waals surface area contributed by atoms with Crippen molar-refractivity contribution in [3.05, 3.63) is 83.8 Å². The number of para-hydroxylation sites is 2. The van der Waals surface area contributed by atoms with E-state index in [1.54, 1.807) is 44.7 Å². The second kappa shape index (κ2) is 10.3. The highest BCUT2D eigenvalue weighted by Gasteiger charge is 2.15. The van der Waals surface area contributed by atoms with E-state index < -0.39 is 0 Å². The molecule has 1 heterocycles. The number of nitrogens with zero attached hydrogens (tertiary/aromatic N) is 1. The van der Waals surface area contributed by atoms with Crippen molar-refractivity contribution in [3.8, 4) is 5.75 Å². The molecule has 0 atom stereocenters. The molecule has 0 radical (unpaired) electrons. The molecule has 7 nitrogen and oxygen atoms in total. The van der Waals surface area contributed by atoms with Crippen LogP contribution in [0.2, 0.25) is 0 Å². The number of hydrogen-bond acceptors (Lipinski definition) is 5. The molecule has 2 N–H and O–H groups in total. The number of anilines is 1. The number of ether oxygens (including phenoxy) is 1. The van der Waals surface area contributed by atoms with Crippen molar-refractivity contribution in [2.24, 2.45) is 0 Å². The third kappa shape index (κ3) is 5.71. The number of hydrogen-bond donors (Lipinski definition) is 2. The average Bonchev–Trinajstić information content (AvgIpc) is 3.27. The van der Waals surface area contributed by atoms with Crippen LogP contribution in [0.4, 0.5) is 5.69 Å². The molecule has 0 spiro atoms. The summed E-state index contributed by atoms with van der Waals surface area (Å²) in [5.74, 6) is 1.08. The van der Waals surface area contributed by atoms with Crippen molar-refractivity contribution in [1.29, 1.82) is 0 Å². The van der Waals surface area contributed by atoms with Crippen molar-refractivity contribution in [2.75, 3.05) is 26.0 Å². The van der Waals surface area contributed by atoms with Crippen LogP contribution in [-0.4, -0.2) is 37.4 Å². The van der Waals surface area contributed by atoms with Crippen LogP contribution >= 0.6 is 0 Å². The van der Waals surface area contributed by atoms with Gasteiger partial charge in [0.2, 0.25) is 5.91 Å². The minimum absolute atomic E-state index is 0.134. The molecule has 2 amide bonds. The lowest BCUT2D eigenvalue weighted by molar-refractivity contribution is -0.117. The largest absolute Gasteiger partial charge is 0.495 e. The molecule has 0 unspecified atom stereocenters. The summed E-state index contributed by atoms with van der Waals surface area (Å²) in [6.07, 6.45) is 1.61. The van der Waals surface area contributed by atoms with Crippen molar-refractivity contribution < 1.29 is 18.7 Å². The summed E-state index contributed by atoms with van der Waals surface area (Å²) in [6, 6.07) is 18.3. The normalized spacial score (nSPS) is 10.6. The highest BCUT2D eigenvalue weighted by molar-refractivity contribution is 5.94. The van der Waals surface area contributed by atoms with E-state index in [-0.39, 0.29) is 18.4 Å². The first-order valence-electron chi connectivity index (χ1n) is 9.57. The van der Waals surface area contributed by atoms with E-state index >= 15 is 0 Å². The van der Waals surface area contributed by atoms with E-state index in [0.29, 0.717) is 30.1 Å². The van der Waals surface area contributed by atoms with Gasteiger partial charge in [-0.2, -0.15) is 0 Å². The summed E-state index contributed by atoms with van der Waals surface area (Å²) >= 11 is 0. The molecular formula is C23H25N3O4. The smallest absolute Gasteiger partial charge is 0.251 e. The van der Waals surface area contributed by atoms with Gasteiger partial charge in [-0.25, -0.2) is 0 Å². The van der Waals surface area contributed by atoms with Gasteiger partial charge >= 0.3 is 0 Å². The van der Waals surface area contributed by atoms with E-state index in [1.165, 1.54) is 0 Å². The molecule has 0 saturated heterocycles. The molecule has 0 fully saturated rings. The fourth-order valence-corrected chi connectivity index (χ4v) is 3.10. The van der Waals surface area contributed by atoms with Gasteiger partial charge in [0.25, 0.3) is 5.91 Å². The number of benzene rings is 2. The van der Waals surface area contributed by atoms with E-state index in [0.717, 1.165) is 11.3 Å². The third-order valence-corrected chi connectivity index (χ3v) is 4.56. The SMILES string of the molecule is CNC(=O)c1ccc(CN(CC(=O)Nc2ccccc2OC)Cc2ccco2)cc1. The summed E-state index contributed by atoms with van der Waals surface area (Å²) in [6.45, 7) is 1.16. The van der Waals surface area contributed by atoms with E-state index in [1.807, 2.05) is 41.3 Å². The van der Waals surface area contributed by atoms with Gasteiger partial charge in [-0.3, -0.25) is 14.5 Å². The molecular weight excluding hydrogens is 382 g/mol. The minimum atomic E-state index is -0.159. The predicted octanol–water partition coefficient (Wildman–Crippen LogP) is 3.29. The van der Waals surface area contributed by atoms with Crippen LogP contribution in [0.25, 0.3) is 0 Å². The predicted molar refractivity (Wildman–Crippen MR) is 114 cm³/mol. The maximum Gasteiger partial charge on any atom is 0.251 e. The highest BCUT2D eigenvalue weighted by atomic mass is 16.5. The van der Waals surface area contributed by atoms with Gasteiger partial charge in [0.15, 0.2) is 0 Å². The molecule has 156 valence electrons. The first-order valence-corrected chi connectivity index (χ1v) is 9.57. The molecule has 0 saturated carbocycles. The molecule has 3 rings (SSSR count). The zero-order valence-corrected chi connectivity index (χ0v) is 17.1. The van der Waals surface area contributed by atoms with Crippen LogP contribution in [0.5, 0.6) is 5.75 Å². The van der Waals surface area contributed by atoms with Gasteiger partial charge in [-0.1, -0.05) is 24.3 Å². The molecule has 0 aliphatic heterocycles. The maximum atomic E-state index is 12.7. The fourth-order valence-electron chi connectivity index (χ4n) is 3.10. The molecule has 30 heavy (non-hydrogen) atoms. The molecule has 2 aromatic carbocycles. The summed E-state index contributed by atoms with van der Waals surface area (Å²) in [4.78, 5) is 26.4. The van der Waals surface area contributed by atoms with Crippen molar-refractivity contribution in [2.45, 2.75) is 13.1 Å². The number of nitrogens with one attached hydrogen (secondary N) is 2. The Balaban J connectivity index is 1.70. The van der Waals surface area contributed by atoms with Crippen LogP contribution in [-0.2, 0) is 17.9 Å². The topological polar surface area (TPSA) is 83.8 Å². The summed E-state index contributed by atoms with van der Waals surface area (Å²) < 4.78 is 10.8. The zero-order chi connectivity index (χ0) is 21.3. The first kappa shape index (κ1) is 21.1. The Labute approximate surface area is 175 Å². The number of amides is 2. The number of carbonyl (C=O) groups is 2. The summed E-state index contributed by atoms with van der Waals surface area (Å²) in [5.41, 5.74) is 2.20. The number of methoxy groups -OCH3 is 1. The number of furan rings is 1. The van der Waals surface area contributed by atoms with Crippen LogP contribution < -0.4 is 15.4 Å². The maximum absolute atomic E-state index is 12.7. The molecule has 3 aromatic rings.